The number of aromatic hydroxyl groups is 4. The molecule has 3 aromatic rings. The molecule has 3 aromatic carbocycles. The fourth-order valence-electron chi connectivity index (χ4n) is 2.46. The van der Waals surface area contributed by atoms with Crippen LogP contribution in [0.25, 0.3) is 21.5 Å². The molecule has 0 aliphatic heterocycles. The van der Waals surface area contributed by atoms with E-state index in [-0.39, 0.29) is 21.9 Å². The van der Waals surface area contributed by atoms with E-state index in [0.717, 1.165) is 0 Å². The molecule has 4 N–H and O–H groups in total. The van der Waals surface area contributed by atoms with Crippen molar-refractivity contribution >= 4 is 34.1 Å². The first kappa shape index (κ1) is 13.7. The summed E-state index contributed by atoms with van der Waals surface area (Å²) in [6.45, 7) is 0. The van der Waals surface area contributed by atoms with Gasteiger partial charge in [0.2, 0.25) is 0 Å². The second-order valence-corrected chi connectivity index (χ2v) is 4.86. The summed E-state index contributed by atoms with van der Waals surface area (Å²) in [7, 11) is 0. The van der Waals surface area contributed by atoms with E-state index in [2.05, 4.69) is 0 Å². The van der Waals surface area contributed by atoms with E-state index in [1.807, 2.05) is 0 Å². The number of hydrogen-bond acceptors (Lipinski definition) is 6. The van der Waals surface area contributed by atoms with Gasteiger partial charge in [-0.05, 0) is 35.0 Å². The molecule has 0 aromatic heterocycles. The van der Waals surface area contributed by atoms with Gasteiger partial charge in [0, 0.05) is 10.8 Å². The molecule has 0 heterocycles. The molecule has 22 heavy (non-hydrogen) atoms. The second kappa shape index (κ2) is 4.63. The first-order valence-corrected chi connectivity index (χ1v) is 6.25. The summed E-state index contributed by atoms with van der Waals surface area (Å²) in [5.74, 6) is -2.12. The summed E-state index contributed by atoms with van der Waals surface area (Å²) < 4.78 is 0. The summed E-state index contributed by atoms with van der Waals surface area (Å²) in [5, 5.41) is 40.7. The van der Waals surface area contributed by atoms with Crippen molar-refractivity contribution in [2.75, 3.05) is 0 Å². The van der Waals surface area contributed by atoms with Crippen LogP contribution in [0.3, 0.4) is 0 Å². The third-order valence-corrected chi connectivity index (χ3v) is 3.60. The number of fused-ring (bicyclic) bond motifs is 2. The minimum atomic E-state index is -0.560. The standard InChI is InChI=1S/C16H10O6/c17-5-9-2-7-1-8-3-10(6-18)14(20)16(22)12(8)4-11(7)15(21)13(9)19/h1-6,19-22H. The van der Waals surface area contributed by atoms with E-state index >= 15 is 0 Å². The molecule has 6 heteroatoms. The first-order chi connectivity index (χ1) is 10.5. The van der Waals surface area contributed by atoms with Crippen molar-refractivity contribution in [1.29, 1.82) is 0 Å². The molecule has 0 spiro atoms. The highest BCUT2D eigenvalue weighted by molar-refractivity contribution is 6.08. The Kier molecular flexibility index (Phi) is 2.88. The molecular weight excluding hydrogens is 288 g/mol. The Morgan fingerprint density at radius 3 is 1.36 bits per heavy atom. The van der Waals surface area contributed by atoms with E-state index in [1.165, 1.54) is 24.3 Å². The van der Waals surface area contributed by atoms with Crippen LogP contribution in [-0.4, -0.2) is 33.0 Å². The lowest BCUT2D eigenvalue weighted by atomic mass is 9.98. The van der Waals surface area contributed by atoms with Crippen molar-refractivity contribution in [2.45, 2.75) is 0 Å². The first-order valence-electron chi connectivity index (χ1n) is 6.25. The predicted octanol–water partition coefficient (Wildman–Crippen LogP) is 2.44. The fraction of sp³-hybridized carbons (Fsp3) is 0. The van der Waals surface area contributed by atoms with Crippen LogP contribution in [-0.2, 0) is 0 Å². The van der Waals surface area contributed by atoms with Crippen LogP contribution in [0.15, 0.2) is 24.3 Å². The van der Waals surface area contributed by atoms with Gasteiger partial charge in [0.25, 0.3) is 0 Å². The molecule has 0 radical (unpaired) electrons. The molecule has 0 atom stereocenters. The minimum Gasteiger partial charge on any atom is -0.504 e. The van der Waals surface area contributed by atoms with Crippen LogP contribution < -0.4 is 0 Å². The topological polar surface area (TPSA) is 115 Å². The Morgan fingerprint density at radius 2 is 1.00 bits per heavy atom. The molecular formula is C16H10O6. The SMILES string of the molecule is O=Cc1cc2cc3cc(C=O)c(O)c(O)c3cc2c(O)c1O. The van der Waals surface area contributed by atoms with Crippen molar-refractivity contribution in [3.8, 4) is 23.0 Å². The summed E-state index contributed by atoms with van der Waals surface area (Å²) >= 11 is 0. The van der Waals surface area contributed by atoms with Crippen molar-refractivity contribution in [3.05, 3.63) is 35.4 Å². The van der Waals surface area contributed by atoms with Crippen LogP contribution in [0.1, 0.15) is 20.7 Å². The largest absolute Gasteiger partial charge is 0.504 e. The number of phenols is 4. The Morgan fingerprint density at radius 1 is 0.591 bits per heavy atom. The number of carbonyl (C=O) groups is 2. The maximum atomic E-state index is 10.9. The highest BCUT2D eigenvalue weighted by Crippen LogP contribution is 2.42. The smallest absolute Gasteiger partial charge is 0.168 e. The van der Waals surface area contributed by atoms with Gasteiger partial charge in [0.1, 0.15) is 0 Å². The summed E-state index contributed by atoms with van der Waals surface area (Å²) in [5.41, 5.74) is -0.161. The number of aldehydes is 2. The molecule has 0 amide bonds. The molecule has 0 fully saturated rings. The highest BCUT2D eigenvalue weighted by atomic mass is 16.3. The quantitative estimate of drug-likeness (QED) is 0.328. The van der Waals surface area contributed by atoms with E-state index in [9.17, 15) is 30.0 Å². The van der Waals surface area contributed by atoms with Gasteiger partial charge in [-0.2, -0.15) is 0 Å². The van der Waals surface area contributed by atoms with Gasteiger partial charge in [-0.15, -0.1) is 0 Å². The maximum Gasteiger partial charge on any atom is 0.168 e. The molecule has 0 bridgehead atoms. The molecule has 6 nitrogen and oxygen atoms in total. The van der Waals surface area contributed by atoms with Crippen molar-refractivity contribution in [2.24, 2.45) is 0 Å². The zero-order chi connectivity index (χ0) is 16.0. The second-order valence-electron chi connectivity index (χ2n) is 4.86. The molecule has 110 valence electrons. The van der Waals surface area contributed by atoms with Gasteiger partial charge in [-0.1, -0.05) is 0 Å². The van der Waals surface area contributed by atoms with Gasteiger partial charge < -0.3 is 20.4 Å². The third kappa shape index (κ3) is 1.74. The highest BCUT2D eigenvalue weighted by Gasteiger charge is 2.16. The average Bonchev–Trinajstić information content (AvgIpc) is 2.53. The lowest BCUT2D eigenvalue weighted by Gasteiger charge is -2.10. The summed E-state index contributed by atoms with van der Waals surface area (Å²) in [4.78, 5) is 21.8. The average molecular weight is 298 g/mol. The minimum absolute atomic E-state index is 0.0806. The van der Waals surface area contributed by atoms with Crippen LogP contribution in [0, 0.1) is 0 Å². The molecule has 0 saturated heterocycles. The zero-order valence-electron chi connectivity index (χ0n) is 11.1. The summed E-state index contributed by atoms with van der Waals surface area (Å²) in [6.07, 6.45) is 0.813. The maximum absolute atomic E-state index is 10.9. The fourth-order valence-corrected chi connectivity index (χ4v) is 2.46. The van der Waals surface area contributed by atoms with Gasteiger partial charge >= 0.3 is 0 Å². The van der Waals surface area contributed by atoms with Crippen LogP contribution in [0.5, 0.6) is 23.0 Å². The summed E-state index contributed by atoms with van der Waals surface area (Å²) in [6, 6.07) is 5.64. The Balaban J connectivity index is 2.51. The zero-order valence-corrected chi connectivity index (χ0v) is 11.1. The Labute approximate surface area is 123 Å². The van der Waals surface area contributed by atoms with Gasteiger partial charge in [-0.25, -0.2) is 0 Å². The van der Waals surface area contributed by atoms with Crippen LogP contribution in [0.2, 0.25) is 0 Å². The number of benzene rings is 3. The Bertz CT molecular complexity index is 883. The van der Waals surface area contributed by atoms with Crippen molar-refractivity contribution in [3.63, 3.8) is 0 Å². The lowest BCUT2D eigenvalue weighted by molar-refractivity contribution is 0.111. The number of rotatable bonds is 2. The molecule has 0 unspecified atom stereocenters. The van der Waals surface area contributed by atoms with Crippen LogP contribution in [0.4, 0.5) is 0 Å². The van der Waals surface area contributed by atoms with Crippen molar-refractivity contribution < 1.29 is 30.0 Å². The van der Waals surface area contributed by atoms with Crippen molar-refractivity contribution in [1.82, 2.24) is 0 Å². The van der Waals surface area contributed by atoms with Crippen LogP contribution >= 0.6 is 0 Å². The van der Waals surface area contributed by atoms with Gasteiger partial charge in [0.05, 0.1) is 11.1 Å². The third-order valence-electron chi connectivity index (χ3n) is 3.60. The van der Waals surface area contributed by atoms with Gasteiger partial charge in [0.15, 0.2) is 35.6 Å². The number of hydrogen-bond donors (Lipinski definition) is 4. The van der Waals surface area contributed by atoms with E-state index < -0.39 is 23.0 Å². The number of phenolic OH excluding ortho intramolecular Hbond substituents is 4. The normalized spacial score (nSPS) is 10.9. The monoisotopic (exact) mass is 298 g/mol. The van der Waals surface area contributed by atoms with E-state index in [4.69, 9.17) is 0 Å². The molecule has 0 saturated carbocycles. The Hall–Kier alpha value is -3.28. The lowest BCUT2D eigenvalue weighted by Crippen LogP contribution is -1.88. The molecule has 0 aliphatic carbocycles. The van der Waals surface area contributed by atoms with E-state index in [1.54, 1.807) is 0 Å². The molecule has 3 rings (SSSR count). The van der Waals surface area contributed by atoms with Gasteiger partial charge in [-0.3, -0.25) is 9.59 Å². The molecule has 0 aliphatic rings. The number of carbonyl (C=O) groups excluding carboxylic acids is 2. The predicted molar refractivity (Wildman–Crippen MR) is 78.9 cm³/mol. The van der Waals surface area contributed by atoms with E-state index in [0.29, 0.717) is 23.3 Å².